The average molecular weight is 607 g/mol. The van der Waals surface area contributed by atoms with Crippen molar-refractivity contribution < 1.29 is 27.2 Å². The number of benzene rings is 3. The van der Waals surface area contributed by atoms with Gasteiger partial charge in [-0.3, -0.25) is 14.4 Å². The highest BCUT2D eigenvalue weighted by Crippen LogP contribution is 2.34. The van der Waals surface area contributed by atoms with E-state index in [1.54, 1.807) is 36.4 Å². The highest BCUT2D eigenvalue weighted by atomic mass is 19.4. The Morgan fingerprint density at radius 3 is 2.34 bits per heavy atom. The van der Waals surface area contributed by atoms with Crippen molar-refractivity contribution in [2.24, 2.45) is 0 Å². The molecule has 0 saturated heterocycles. The standard InChI is InChI=1S/C31H26F4N6O3/c1-41(2)15-14-37-28(42)22-5-3-4-21-25(22)30(44)40-27-26(21)24(12-13-36-27)38-18-7-9-19(10-8-18)39-29(43)20-11-6-17(32)16-23(20)31(33,34)35/h3-13,16H,14-15H2,1-2H3,(H,37,42)(H,39,43)(H2,36,38,40,44). The Bertz CT molecular complexity index is 1940. The van der Waals surface area contributed by atoms with Gasteiger partial charge in [-0.25, -0.2) is 9.37 Å². The van der Waals surface area contributed by atoms with Gasteiger partial charge in [-0.05, 0) is 68.7 Å². The fraction of sp³-hybridized carbons (Fsp3) is 0.161. The highest BCUT2D eigenvalue weighted by Gasteiger charge is 2.35. The lowest BCUT2D eigenvalue weighted by Gasteiger charge is -2.15. The van der Waals surface area contributed by atoms with Crippen molar-refractivity contribution in [3.63, 3.8) is 0 Å². The minimum atomic E-state index is -4.92. The van der Waals surface area contributed by atoms with E-state index in [0.717, 1.165) is 12.1 Å². The smallest absolute Gasteiger partial charge is 0.355 e. The van der Waals surface area contributed by atoms with Gasteiger partial charge in [0.1, 0.15) is 11.5 Å². The Labute approximate surface area is 247 Å². The van der Waals surface area contributed by atoms with Crippen LogP contribution in [-0.4, -0.2) is 53.9 Å². The number of hydrogen-bond acceptors (Lipinski definition) is 6. The van der Waals surface area contributed by atoms with Crippen LogP contribution in [0.4, 0.5) is 34.6 Å². The molecule has 0 atom stereocenters. The number of anilines is 3. The molecule has 0 bridgehead atoms. The molecule has 2 aromatic heterocycles. The quantitative estimate of drug-likeness (QED) is 0.136. The zero-order valence-corrected chi connectivity index (χ0v) is 23.5. The van der Waals surface area contributed by atoms with Crippen LogP contribution >= 0.6 is 0 Å². The number of nitrogens with zero attached hydrogens (tertiary/aromatic N) is 2. The summed E-state index contributed by atoms with van der Waals surface area (Å²) in [6.07, 6.45) is -3.42. The van der Waals surface area contributed by atoms with Crippen molar-refractivity contribution >= 4 is 50.7 Å². The van der Waals surface area contributed by atoms with E-state index >= 15 is 0 Å². The molecule has 3 aromatic carbocycles. The van der Waals surface area contributed by atoms with E-state index in [2.05, 4.69) is 25.9 Å². The third kappa shape index (κ3) is 6.37. The lowest BCUT2D eigenvalue weighted by Crippen LogP contribution is -2.32. The molecule has 0 radical (unpaired) electrons. The summed E-state index contributed by atoms with van der Waals surface area (Å²) < 4.78 is 53.5. The van der Waals surface area contributed by atoms with Crippen LogP contribution in [0.25, 0.3) is 21.8 Å². The van der Waals surface area contributed by atoms with Crippen molar-refractivity contribution in [1.82, 2.24) is 20.2 Å². The average Bonchev–Trinajstić information content (AvgIpc) is 2.97. The van der Waals surface area contributed by atoms with Gasteiger partial charge in [0.25, 0.3) is 17.4 Å². The summed E-state index contributed by atoms with van der Waals surface area (Å²) in [5, 5.41) is 9.72. The molecule has 9 nitrogen and oxygen atoms in total. The van der Waals surface area contributed by atoms with Gasteiger partial charge in [0, 0.05) is 41.4 Å². The third-order valence-electron chi connectivity index (χ3n) is 6.79. The number of aromatic nitrogens is 2. The van der Waals surface area contributed by atoms with Crippen LogP contribution in [0, 0.1) is 5.82 Å². The zero-order valence-electron chi connectivity index (χ0n) is 23.5. The second-order valence-electron chi connectivity index (χ2n) is 10.2. The van der Waals surface area contributed by atoms with Crippen molar-refractivity contribution in [2.45, 2.75) is 6.18 Å². The second kappa shape index (κ2) is 12.1. The molecule has 4 N–H and O–H groups in total. The van der Waals surface area contributed by atoms with E-state index in [1.807, 2.05) is 19.0 Å². The lowest BCUT2D eigenvalue weighted by molar-refractivity contribution is -0.138. The normalized spacial score (nSPS) is 11.6. The van der Waals surface area contributed by atoms with E-state index in [1.165, 1.54) is 18.3 Å². The predicted octanol–water partition coefficient (Wildman–Crippen LogP) is 5.52. The molecule has 0 spiro atoms. The summed E-state index contributed by atoms with van der Waals surface area (Å²) in [7, 11) is 3.76. The van der Waals surface area contributed by atoms with E-state index in [0.29, 0.717) is 40.9 Å². The number of carbonyl (C=O) groups excluding carboxylic acids is 2. The van der Waals surface area contributed by atoms with Gasteiger partial charge in [-0.1, -0.05) is 12.1 Å². The Morgan fingerprint density at radius 2 is 1.64 bits per heavy atom. The Balaban J connectivity index is 1.43. The molecule has 13 heteroatoms. The zero-order chi connectivity index (χ0) is 31.6. The minimum Gasteiger partial charge on any atom is -0.355 e. The molecular formula is C31H26F4N6O3. The van der Waals surface area contributed by atoms with E-state index in [9.17, 15) is 31.9 Å². The Kier molecular flexibility index (Phi) is 8.32. The molecule has 0 aliphatic rings. The largest absolute Gasteiger partial charge is 0.417 e. The third-order valence-corrected chi connectivity index (χ3v) is 6.79. The van der Waals surface area contributed by atoms with Crippen LogP contribution in [0.2, 0.25) is 0 Å². The van der Waals surface area contributed by atoms with Gasteiger partial charge >= 0.3 is 6.18 Å². The summed E-state index contributed by atoms with van der Waals surface area (Å²) in [4.78, 5) is 47.6. The number of hydrogen-bond donors (Lipinski definition) is 4. The Hall–Kier alpha value is -5.30. The van der Waals surface area contributed by atoms with Gasteiger partial charge in [0.2, 0.25) is 0 Å². The molecule has 0 aliphatic heterocycles. The number of amides is 2. The number of H-pyrrole nitrogens is 1. The number of aromatic amines is 1. The molecule has 5 rings (SSSR count). The Morgan fingerprint density at radius 1 is 0.909 bits per heavy atom. The number of nitrogens with one attached hydrogen (secondary N) is 4. The van der Waals surface area contributed by atoms with E-state index < -0.39 is 34.6 Å². The molecule has 0 aliphatic carbocycles. The van der Waals surface area contributed by atoms with Crippen LogP contribution in [0.3, 0.4) is 0 Å². The molecule has 2 amide bonds. The van der Waals surface area contributed by atoms with Crippen molar-refractivity contribution in [3.8, 4) is 0 Å². The molecule has 2 heterocycles. The number of halogens is 4. The second-order valence-corrected chi connectivity index (χ2v) is 10.2. The topological polar surface area (TPSA) is 119 Å². The maximum absolute atomic E-state index is 13.4. The van der Waals surface area contributed by atoms with E-state index in [-0.39, 0.29) is 28.6 Å². The molecule has 226 valence electrons. The van der Waals surface area contributed by atoms with Gasteiger partial charge in [0.05, 0.1) is 27.8 Å². The van der Waals surface area contributed by atoms with E-state index in [4.69, 9.17) is 0 Å². The summed E-state index contributed by atoms with van der Waals surface area (Å²) in [5.41, 5.74) is -0.740. The molecule has 0 unspecified atom stereocenters. The van der Waals surface area contributed by atoms with Gasteiger partial charge in [-0.2, -0.15) is 13.2 Å². The maximum atomic E-state index is 13.4. The van der Waals surface area contributed by atoms with Crippen LogP contribution in [0.5, 0.6) is 0 Å². The molecule has 5 aromatic rings. The number of pyridine rings is 2. The SMILES string of the molecule is CN(C)CCNC(=O)c1cccc2c1c(=O)[nH]c1nccc(Nc3ccc(NC(=O)c4ccc(F)cc4C(F)(F)F)cc3)c12. The van der Waals surface area contributed by atoms with Gasteiger partial charge in [0.15, 0.2) is 0 Å². The van der Waals surface area contributed by atoms with Gasteiger partial charge in [-0.15, -0.1) is 0 Å². The summed E-state index contributed by atoms with van der Waals surface area (Å²) in [5.74, 6) is -2.54. The highest BCUT2D eigenvalue weighted by molar-refractivity contribution is 6.16. The first kappa shape index (κ1) is 30.2. The number of likely N-dealkylation sites (N-methyl/N-ethyl adjacent to an activating group) is 1. The number of fused-ring (bicyclic) bond motifs is 3. The molecular weight excluding hydrogens is 580 g/mol. The van der Waals surface area contributed by atoms with Crippen LogP contribution < -0.4 is 21.5 Å². The number of carbonyl (C=O) groups is 2. The first-order valence-corrected chi connectivity index (χ1v) is 13.3. The first-order chi connectivity index (χ1) is 20.9. The molecule has 0 fully saturated rings. The van der Waals surface area contributed by atoms with Crippen molar-refractivity contribution in [2.75, 3.05) is 37.8 Å². The summed E-state index contributed by atoms with van der Waals surface area (Å²) in [6.45, 7) is 1.02. The fourth-order valence-corrected chi connectivity index (χ4v) is 4.73. The molecule has 44 heavy (non-hydrogen) atoms. The minimum absolute atomic E-state index is 0.204. The summed E-state index contributed by atoms with van der Waals surface area (Å²) in [6, 6.07) is 14.7. The number of rotatable bonds is 8. The van der Waals surface area contributed by atoms with Crippen LogP contribution in [0.15, 0.2) is 77.7 Å². The summed E-state index contributed by atoms with van der Waals surface area (Å²) >= 11 is 0. The predicted molar refractivity (Wildman–Crippen MR) is 160 cm³/mol. The lowest BCUT2D eigenvalue weighted by atomic mass is 10.0. The fourth-order valence-electron chi connectivity index (χ4n) is 4.73. The maximum Gasteiger partial charge on any atom is 0.417 e. The van der Waals surface area contributed by atoms with Gasteiger partial charge < -0.3 is 25.8 Å². The monoisotopic (exact) mass is 606 g/mol. The van der Waals surface area contributed by atoms with Crippen LogP contribution in [-0.2, 0) is 6.18 Å². The van der Waals surface area contributed by atoms with Crippen molar-refractivity contribution in [1.29, 1.82) is 0 Å². The first-order valence-electron chi connectivity index (χ1n) is 13.3. The van der Waals surface area contributed by atoms with Crippen LogP contribution in [0.1, 0.15) is 26.3 Å². The van der Waals surface area contributed by atoms with Crippen molar-refractivity contribution in [3.05, 3.63) is 106 Å². The molecule has 0 saturated carbocycles. The number of alkyl halides is 3.